The Kier molecular flexibility index (Phi) is 5.60. The first-order valence-corrected chi connectivity index (χ1v) is 7.29. The second-order valence-corrected chi connectivity index (χ2v) is 4.84. The van der Waals surface area contributed by atoms with Crippen molar-refractivity contribution >= 4 is 22.9 Å². The van der Waals surface area contributed by atoms with Crippen molar-refractivity contribution in [2.24, 2.45) is 7.05 Å². The molecule has 0 aromatic carbocycles. The van der Waals surface area contributed by atoms with Gasteiger partial charge in [0.25, 0.3) is 5.91 Å². The largest absolute Gasteiger partial charge is 0.463 e. The number of fused-ring (bicyclic) bond motifs is 1. The van der Waals surface area contributed by atoms with Gasteiger partial charge in [-0.1, -0.05) is 0 Å². The molecule has 0 saturated carbocycles. The first-order chi connectivity index (χ1) is 10.6. The van der Waals surface area contributed by atoms with E-state index in [-0.39, 0.29) is 18.4 Å². The van der Waals surface area contributed by atoms with Crippen molar-refractivity contribution in [1.29, 1.82) is 0 Å². The van der Waals surface area contributed by atoms with Gasteiger partial charge >= 0.3 is 0 Å². The molecule has 0 saturated heterocycles. The topological polar surface area (TPSA) is 85.5 Å². The van der Waals surface area contributed by atoms with Gasteiger partial charge in [-0.15, -0.1) is 0 Å². The van der Waals surface area contributed by atoms with E-state index in [2.05, 4.69) is 10.6 Å². The lowest BCUT2D eigenvalue weighted by Crippen LogP contribution is -2.38. The third-order valence-corrected chi connectivity index (χ3v) is 3.30. The van der Waals surface area contributed by atoms with Crippen molar-refractivity contribution < 1.29 is 18.7 Å². The second-order valence-electron chi connectivity index (χ2n) is 4.84. The number of carbonyl (C=O) groups is 2. The summed E-state index contributed by atoms with van der Waals surface area (Å²) in [4.78, 5) is 23.7. The first-order valence-electron chi connectivity index (χ1n) is 7.29. The van der Waals surface area contributed by atoms with Gasteiger partial charge in [-0.3, -0.25) is 9.59 Å². The molecule has 2 N–H and O–H groups in total. The summed E-state index contributed by atoms with van der Waals surface area (Å²) in [6, 6.07) is 3.45. The van der Waals surface area contributed by atoms with Gasteiger partial charge in [0.1, 0.15) is 5.69 Å². The van der Waals surface area contributed by atoms with Crippen LogP contribution in [0.4, 0.5) is 0 Å². The minimum Gasteiger partial charge on any atom is -0.463 e. The van der Waals surface area contributed by atoms with Crippen LogP contribution in [0.25, 0.3) is 11.1 Å². The average molecular weight is 307 g/mol. The second kappa shape index (κ2) is 7.65. The predicted octanol–water partition coefficient (Wildman–Crippen LogP) is 1.04. The van der Waals surface area contributed by atoms with Crippen molar-refractivity contribution in [3.05, 3.63) is 24.1 Å². The van der Waals surface area contributed by atoms with Gasteiger partial charge in [-0.05, 0) is 13.3 Å². The van der Waals surface area contributed by atoms with E-state index in [0.29, 0.717) is 31.0 Å². The number of aromatic nitrogens is 1. The number of carbonyl (C=O) groups excluding carboxylic acids is 2. The number of furan rings is 1. The van der Waals surface area contributed by atoms with Gasteiger partial charge in [0.2, 0.25) is 5.91 Å². The molecule has 0 fully saturated rings. The van der Waals surface area contributed by atoms with Crippen molar-refractivity contribution in [3.8, 4) is 0 Å². The predicted molar refractivity (Wildman–Crippen MR) is 81.6 cm³/mol. The van der Waals surface area contributed by atoms with E-state index in [1.165, 1.54) is 0 Å². The van der Waals surface area contributed by atoms with Gasteiger partial charge < -0.3 is 24.4 Å². The number of nitrogens with zero attached hydrogens (tertiary/aromatic N) is 1. The smallest absolute Gasteiger partial charge is 0.268 e. The molecule has 0 radical (unpaired) electrons. The molecule has 0 unspecified atom stereocenters. The number of rotatable bonds is 8. The van der Waals surface area contributed by atoms with Crippen LogP contribution in [0.2, 0.25) is 0 Å². The summed E-state index contributed by atoms with van der Waals surface area (Å²) >= 11 is 0. The molecular weight excluding hydrogens is 286 g/mol. The zero-order valence-corrected chi connectivity index (χ0v) is 12.8. The van der Waals surface area contributed by atoms with Crippen LogP contribution in [0, 0.1) is 0 Å². The van der Waals surface area contributed by atoms with Crippen molar-refractivity contribution in [2.45, 2.75) is 13.3 Å². The Hall–Kier alpha value is -2.28. The summed E-state index contributed by atoms with van der Waals surface area (Å²) < 4.78 is 12.2. The summed E-state index contributed by atoms with van der Waals surface area (Å²) in [5.74, 6) is -0.527. The molecule has 0 aliphatic heterocycles. The number of hydrogen-bond acceptors (Lipinski definition) is 4. The Morgan fingerprint density at radius 3 is 2.91 bits per heavy atom. The van der Waals surface area contributed by atoms with E-state index in [1.807, 2.05) is 6.92 Å². The monoisotopic (exact) mass is 307 g/mol. The lowest BCUT2D eigenvalue weighted by Gasteiger charge is -2.07. The molecule has 7 nitrogen and oxygen atoms in total. The normalized spacial score (nSPS) is 10.8. The molecule has 2 amide bonds. The van der Waals surface area contributed by atoms with Gasteiger partial charge in [-0.2, -0.15) is 0 Å². The Balaban J connectivity index is 1.76. The summed E-state index contributed by atoms with van der Waals surface area (Å²) in [6.45, 7) is 3.69. The summed E-state index contributed by atoms with van der Waals surface area (Å²) in [5.41, 5.74) is 1.94. The number of aryl methyl sites for hydroxylation is 1. The number of amides is 2. The van der Waals surface area contributed by atoms with Crippen LogP contribution in [0.15, 0.2) is 22.8 Å². The highest BCUT2D eigenvalue weighted by molar-refractivity contribution is 5.99. The van der Waals surface area contributed by atoms with E-state index in [9.17, 15) is 9.59 Å². The zero-order chi connectivity index (χ0) is 15.9. The van der Waals surface area contributed by atoms with Gasteiger partial charge in [-0.25, -0.2) is 0 Å². The molecule has 2 heterocycles. The molecule has 0 aliphatic carbocycles. The molecule has 2 rings (SSSR count). The fourth-order valence-electron chi connectivity index (χ4n) is 2.13. The maximum atomic E-state index is 12.1. The quantitative estimate of drug-likeness (QED) is 0.714. The van der Waals surface area contributed by atoms with Gasteiger partial charge in [0, 0.05) is 38.9 Å². The van der Waals surface area contributed by atoms with Crippen LogP contribution in [0.3, 0.4) is 0 Å². The fourth-order valence-corrected chi connectivity index (χ4v) is 2.13. The van der Waals surface area contributed by atoms with Crippen LogP contribution in [0.5, 0.6) is 0 Å². The minimum absolute atomic E-state index is 0.0555. The Bertz CT molecular complexity index is 644. The Morgan fingerprint density at radius 1 is 1.36 bits per heavy atom. The summed E-state index contributed by atoms with van der Waals surface area (Å²) in [6.07, 6.45) is 2.32. The lowest BCUT2D eigenvalue weighted by molar-refractivity contribution is -0.120. The number of ether oxygens (including phenoxy) is 1. The number of nitrogens with one attached hydrogen (secondary N) is 2. The maximum absolute atomic E-state index is 12.1. The van der Waals surface area contributed by atoms with Crippen LogP contribution in [-0.2, 0) is 16.6 Å². The van der Waals surface area contributed by atoms with E-state index in [0.717, 1.165) is 11.9 Å². The van der Waals surface area contributed by atoms with E-state index < -0.39 is 0 Å². The molecule has 0 bridgehead atoms. The molecular formula is C15H21N3O4. The number of hydrogen-bond donors (Lipinski definition) is 2. The molecule has 0 atom stereocenters. The third-order valence-electron chi connectivity index (χ3n) is 3.30. The van der Waals surface area contributed by atoms with Gasteiger partial charge in [0.15, 0.2) is 5.58 Å². The van der Waals surface area contributed by atoms with Crippen molar-refractivity contribution in [1.82, 2.24) is 15.2 Å². The lowest BCUT2D eigenvalue weighted by atomic mass is 10.4. The highest BCUT2D eigenvalue weighted by atomic mass is 16.5. The van der Waals surface area contributed by atoms with E-state index in [1.54, 1.807) is 30.0 Å². The Labute approximate surface area is 128 Å². The average Bonchev–Trinajstić information content (AvgIpc) is 3.08. The van der Waals surface area contributed by atoms with Crippen molar-refractivity contribution in [2.75, 3.05) is 26.3 Å². The van der Waals surface area contributed by atoms with Gasteiger partial charge in [0.05, 0.1) is 18.3 Å². The molecule has 2 aromatic rings. The molecule has 2 aromatic heterocycles. The van der Waals surface area contributed by atoms with Crippen LogP contribution in [0.1, 0.15) is 23.8 Å². The molecule has 0 aliphatic rings. The molecule has 22 heavy (non-hydrogen) atoms. The highest BCUT2D eigenvalue weighted by Crippen LogP contribution is 2.19. The van der Waals surface area contributed by atoms with Crippen LogP contribution >= 0.6 is 0 Å². The SMILES string of the molecule is CCOCCCNC(=O)CNC(=O)c1cc2occc2n1C. The summed E-state index contributed by atoms with van der Waals surface area (Å²) in [5, 5.41) is 5.32. The maximum Gasteiger partial charge on any atom is 0.268 e. The zero-order valence-electron chi connectivity index (χ0n) is 12.8. The fraction of sp³-hybridized carbons (Fsp3) is 0.467. The van der Waals surface area contributed by atoms with Crippen LogP contribution < -0.4 is 10.6 Å². The van der Waals surface area contributed by atoms with E-state index >= 15 is 0 Å². The highest BCUT2D eigenvalue weighted by Gasteiger charge is 2.15. The molecule has 7 heteroatoms. The summed E-state index contributed by atoms with van der Waals surface area (Å²) in [7, 11) is 1.78. The van der Waals surface area contributed by atoms with Crippen LogP contribution in [-0.4, -0.2) is 42.7 Å². The first kappa shape index (κ1) is 16.1. The molecule has 0 spiro atoms. The standard InChI is InChI=1S/C15H21N3O4/c1-3-21-7-4-6-16-14(19)10-17-15(20)12-9-13-11(18(12)2)5-8-22-13/h5,8-9H,3-4,6-7,10H2,1-2H3,(H,16,19)(H,17,20). The third kappa shape index (κ3) is 3.88. The Morgan fingerprint density at radius 2 is 2.18 bits per heavy atom. The van der Waals surface area contributed by atoms with Crippen molar-refractivity contribution in [3.63, 3.8) is 0 Å². The minimum atomic E-state index is -0.307. The van der Waals surface area contributed by atoms with E-state index in [4.69, 9.17) is 9.15 Å². The molecule has 120 valence electrons.